The molecular weight excluding hydrogens is 204 g/mol. The van der Waals surface area contributed by atoms with Crippen LogP contribution in [0.4, 0.5) is 5.69 Å². The number of aryl methyl sites for hydroxylation is 1. The van der Waals surface area contributed by atoms with E-state index in [0.29, 0.717) is 31.7 Å². The van der Waals surface area contributed by atoms with Gasteiger partial charge < -0.3 is 16.2 Å². The third-order valence-electron chi connectivity index (χ3n) is 2.35. The topological polar surface area (TPSA) is 78.3 Å². The molecule has 4 N–H and O–H groups in total. The molecule has 16 heavy (non-hydrogen) atoms. The molecule has 1 rings (SSSR count). The Balaban J connectivity index is 2.55. The van der Waals surface area contributed by atoms with Gasteiger partial charge in [0.05, 0.1) is 6.61 Å². The van der Waals surface area contributed by atoms with Gasteiger partial charge in [-0.3, -0.25) is 4.79 Å². The highest BCUT2D eigenvalue weighted by molar-refractivity contribution is 5.69. The Morgan fingerprint density at radius 2 is 2.19 bits per heavy atom. The summed E-state index contributed by atoms with van der Waals surface area (Å²) >= 11 is 0. The van der Waals surface area contributed by atoms with Crippen molar-refractivity contribution in [1.82, 2.24) is 0 Å². The third kappa shape index (κ3) is 3.55. The molecule has 88 valence electrons. The Hall–Kier alpha value is -1.55. The minimum atomic E-state index is -0.177. The van der Waals surface area contributed by atoms with Crippen molar-refractivity contribution in [3.63, 3.8) is 0 Å². The SMILES string of the molecule is CCOC(=O)CCc1ccc(CN)c(N)c1. The molecule has 1 aromatic carbocycles. The highest BCUT2D eigenvalue weighted by Gasteiger charge is 2.04. The first-order valence-corrected chi connectivity index (χ1v) is 5.40. The second-order valence-corrected chi connectivity index (χ2v) is 3.54. The zero-order valence-electron chi connectivity index (χ0n) is 9.53. The summed E-state index contributed by atoms with van der Waals surface area (Å²) in [6.45, 7) is 2.66. The first-order valence-electron chi connectivity index (χ1n) is 5.40. The monoisotopic (exact) mass is 222 g/mol. The number of hydrogen-bond donors (Lipinski definition) is 2. The maximum atomic E-state index is 11.2. The Morgan fingerprint density at radius 3 is 2.75 bits per heavy atom. The van der Waals surface area contributed by atoms with E-state index in [-0.39, 0.29) is 5.97 Å². The average Bonchev–Trinajstić information content (AvgIpc) is 2.27. The summed E-state index contributed by atoms with van der Waals surface area (Å²) in [5.41, 5.74) is 14.0. The van der Waals surface area contributed by atoms with Gasteiger partial charge in [-0.15, -0.1) is 0 Å². The van der Waals surface area contributed by atoms with Crippen LogP contribution in [-0.2, 0) is 22.5 Å². The first-order chi connectivity index (χ1) is 7.67. The molecule has 0 saturated heterocycles. The van der Waals surface area contributed by atoms with E-state index in [0.717, 1.165) is 11.1 Å². The number of esters is 1. The molecule has 0 amide bonds. The van der Waals surface area contributed by atoms with Crippen molar-refractivity contribution in [2.24, 2.45) is 5.73 Å². The van der Waals surface area contributed by atoms with E-state index in [1.807, 2.05) is 18.2 Å². The summed E-state index contributed by atoms with van der Waals surface area (Å²) in [5, 5.41) is 0. The van der Waals surface area contributed by atoms with E-state index in [1.165, 1.54) is 0 Å². The number of nitrogens with two attached hydrogens (primary N) is 2. The van der Waals surface area contributed by atoms with Gasteiger partial charge in [0.1, 0.15) is 0 Å². The van der Waals surface area contributed by atoms with Crippen LogP contribution in [0, 0.1) is 0 Å². The van der Waals surface area contributed by atoms with Gasteiger partial charge in [-0.2, -0.15) is 0 Å². The Kier molecular flexibility index (Phi) is 4.79. The van der Waals surface area contributed by atoms with Gasteiger partial charge in [0.25, 0.3) is 0 Å². The van der Waals surface area contributed by atoms with Crippen molar-refractivity contribution >= 4 is 11.7 Å². The molecule has 0 aliphatic carbocycles. The molecule has 0 atom stereocenters. The summed E-state index contributed by atoms with van der Waals surface area (Å²) in [5.74, 6) is -0.177. The van der Waals surface area contributed by atoms with E-state index < -0.39 is 0 Å². The van der Waals surface area contributed by atoms with Crippen LogP contribution in [-0.4, -0.2) is 12.6 Å². The third-order valence-corrected chi connectivity index (χ3v) is 2.35. The van der Waals surface area contributed by atoms with Crippen molar-refractivity contribution in [2.75, 3.05) is 12.3 Å². The summed E-state index contributed by atoms with van der Waals surface area (Å²) in [6, 6.07) is 5.70. The summed E-state index contributed by atoms with van der Waals surface area (Å²) < 4.78 is 4.85. The van der Waals surface area contributed by atoms with Gasteiger partial charge in [-0.05, 0) is 30.5 Å². The largest absolute Gasteiger partial charge is 0.466 e. The van der Waals surface area contributed by atoms with Crippen LogP contribution < -0.4 is 11.5 Å². The fraction of sp³-hybridized carbons (Fsp3) is 0.417. The van der Waals surface area contributed by atoms with E-state index in [9.17, 15) is 4.79 Å². The predicted molar refractivity (Wildman–Crippen MR) is 63.7 cm³/mol. The molecule has 0 radical (unpaired) electrons. The Bertz CT molecular complexity index is 364. The fourth-order valence-electron chi connectivity index (χ4n) is 1.47. The maximum absolute atomic E-state index is 11.2. The molecule has 0 aromatic heterocycles. The number of carbonyl (C=O) groups excluding carboxylic acids is 1. The van der Waals surface area contributed by atoms with Crippen LogP contribution in [0.2, 0.25) is 0 Å². The van der Waals surface area contributed by atoms with Crippen LogP contribution >= 0.6 is 0 Å². The van der Waals surface area contributed by atoms with Gasteiger partial charge in [-0.1, -0.05) is 12.1 Å². The lowest BCUT2D eigenvalue weighted by molar-refractivity contribution is -0.143. The number of nitrogen functional groups attached to an aromatic ring is 1. The van der Waals surface area contributed by atoms with E-state index in [4.69, 9.17) is 16.2 Å². The molecule has 0 aliphatic heterocycles. The normalized spacial score (nSPS) is 10.1. The molecule has 0 bridgehead atoms. The standard InChI is InChI=1S/C12H18N2O2/c1-2-16-12(15)6-4-9-3-5-10(8-13)11(14)7-9/h3,5,7H,2,4,6,8,13-14H2,1H3. The molecule has 1 aromatic rings. The maximum Gasteiger partial charge on any atom is 0.306 e. The van der Waals surface area contributed by atoms with Gasteiger partial charge in [0.15, 0.2) is 0 Å². The van der Waals surface area contributed by atoms with Gasteiger partial charge >= 0.3 is 5.97 Å². The zero-order chi connectivity index (χ0) is 12.0. The van der Waals surface area contributed by atoms with Gasteiger partial charge in [0.2, 0.25) is 0 Å². The van der Waals surface area contributed by atoms with Gasteiger partial charge in [-0.25, -0.2) is 0 Å². The van der Waals surface area contributed by atoms with Crippen molar-refractivity contribution in [2.45, 2.75) is 26.3 Å². The fourth-order valence-corrected chi connectivity index (χ4v) is 1.47. The van der Waals surface area contributed by atoms with Crippen LogP contribution in [0.25, 0.3) is 0 Å². The van der Waals surface area contributed by atoms with Crippen LogP contribution in [0.15, 0.2) is 18.2 Å². The second kappa shape index (κ2) is 6.12. The highest BCUT2D eigenvalue weighted by Crippen LogP contribution is 2.15. The highest BCUT2D eigenvalue weighted by atomic mass is 16.5. The van der Waals surface area contributed by atoms with E-state index >= 15 is 0 Å². The summed E-state index contributed by atoms with van der Waals surface area (Å²) in [4.78, 5) is 11.2. The minimum Gasteiger partial charge on any atom is -0.466 e. The van der Waals surface area contributed by atoms with Crippen molar-refractivity contribution < 1.29 is 9.53 Å². The molecule has 0 spiro atoms. The number of carbonyl (C=O) groups is 1. The van der Waals surface area contributed by atoms with E-state index in [2.05, 4.69) is 0 Å². The molecule has 4 nitrogen and oxygen atoms in total. The van der Waals surface area contributed by atoms with Crippen LogP contribution in [0.5, 0.6) is 0 Å². The number of anilines is 1. The van der Waals surface area contributed by atoms with E-state index in [1.54, 1.807) is 6.92 Å². The number of hydrogen-bond acceptors (Lipinski definition) is 4. The number of rotatable bonds is 5. The van der Waals surface area contributed by atoms with Crippen molar-refractivity contribution in [3.8, 4) is 0 Å². The average molecular weight is 222 g/mol. The van der Waals surface area contributed by atoms with Crippen LogP contribution in [0.1, 0.15) is 24.5 Å². The molecule has 0 heterocycles. The lowest BCUT2D eigenvalue weighted by Gasteiger charge is -2.06. The quantitative estimate of drug-likeness (QED) is 0.580. The zero-order valence-corrected chi connectivity index (χ0v) is 9.53. The lowest BCUT2D eigenvalue weighted by atomic mass is 10.1. The van der Waals surface area contributed by atoms with Crippen molar-refractivity contribution in [3.05, 3.63) is 29.3 Å². The van der Waals surface area contributed by atoms with Crippen LogP contribution in [0.3, 0.4) is 0 Å². The number of benzene rings is 1. The number of ether oxygens (including phenoxy) is 1. The summed E-state index contributed by atoms with van der Waals surface area (Å²) in [7, 11) is 0. The molecule has 0 unspecified atom stereocenters. The smallest absolute Gasteiger partial charge is 0.306 e. The Morgan fingerprint density at radius 1 is 1.44 bits per heavy atom. The predicted octanol–water partition coefficient (Wildman–Crippen LogP) is 1.22. The first kappa shape index (κ1) is 12.5. The second-order valence-electron chi connectivity index (χ2n) is 3.54. The minimum absolute atomic E-state index is 0.177. The molecule has 0 fully saturated rings. The molecule has 0 aliphatic rings. The summed E-state index contributed by atoms with van der Waals surface area (Å²) in [6.07, 6.45) is 1.03. The molecule has 4 heteroatoms. The Labute approximate surface area is 95.6 Å². The lowest BCUT2D eigenvalue weighted by Crippen LogP contribution is -2.06. The van der Waals surface area contributed by atoms with Gasteiger partial charge in [0, 0.05) is 18.7 Å². The molecule has 0 saturated carbocycles. The molecular formula is C12H18N2O2. The van der Waals surface area contributed by atoms with Crippen molar-refractivity contribution in [1.29, 1.82) is 0 Å².